The highest BCUT2D eigenvalue weighted by Gasteiger charge is 2.26. The first-order valence-electron chi connectivity index (χ1n) is 5.11. The molecule has 0 saturated carbocycles. The van der Waals surface area contributed by atoms with Gasteiger partial charge in [-0.3, -0.25) is 4.79 Å². The maximum atomic E-state index is 11.1. The fraction of sp³-hybridized carbons (Fsp3) is 0.900. The van der Waals surface area contributed by atoms with Crippen LogP contribution in [0.3, 0.4) is 0 Å². The smallest absolute Gasteiger partial charge is 0.219 e. The van der Waals surface area contributed by atoms with E-state index in [9.17, 15) is 4.79 Å². The molecule has 0 bridgehead atoms. The van der Waals surface area contributed by atoms with E-state index in [0.29, 0.717) is 6.04 Å². The average molecular weight is 184 g/mol. The lowest BCUT2D eigenvalue weighted by molar-refractivity contribution is -0.127. The molecule has 0 aliphatic carbocycles. The van der Waals surface area contributed by atoms with Gasteiger partial charge in [0, 0.05) is 26.1 Å². The van der Waals surface area contributed by atoms with Gasteiger partial charge in [-0.2, -0.15) is 0 Å². The van der Waals surface area contributed by atoms with Crippen molar-refractivity contribution in [2.24, 2.45) is 0 Å². The van der Waals surface area contributed by atoms with Gasteiger partial charge < -0.3 is 9.80 Å². The van der Waals surface area contributed by atoms with Crippen LogP contribution >= 0.6 is 0 Å². The lowest BCUT2D eigenvalue weighted by Crippen LogP contribution is -2.36. The van der Waals surface area contributed by atoms with Gasteiger partial charge in [0.1, 0.15) is 0 Å². The summed E-state index contributed by atoms with van der Waals surface area (Å²) in [6.07, 6.45) is 2.32. The Hall–Kier alpha value is -0.570. The fourth-order valence-electron chi connectivity index (χ4n) is 1.92. The quantitative estimate of drug-likeness (QED) is 0.652. The molecule has 0 radical (unpaired) electrons. The molecule has 3 heteroatoms. The predicted octanol–water partition coefficient (Wildman–Crippen LogP) is 0.949. The third-order valence-electron chi connectivity index (χ3n) is 2.81. The Morgan fingerprint density at radius 1 is 1.62 bits per heavy atom. The number of nitrogens with zero attached hydrogens (tertiary/aromatic N) is 2. The number of likely N-dealkylation sites (N-methyl/N-ethyl adjacent to an activating group) is 1. The highest BCUT2D eigenvalue weighted by Crippen LogP contribution is 2.14. The van der Waals surface area contributed by atoms with E-state index in [1.807, 2.05) is 4.90 Å². The van der Waals surface area contributed by atoms with E-state index in [-0.39, 0.29) is 5.91 Å². The number of likely N-dealkylation sites (tertiary alicyclic amines) is 1. The summed E-state index contributed by atoms with van der Waals surface area (Å²) < 4.78 is 0. The van der Waals surface area contributed by atoms with Gasteiger partial charge in [0.25, 0.3) is 0 Å². The van der Waals surface area contributed by atoms with Crippen LogP contribution in [-0.4, -0.2) is 48.4 Å². The molecule has 76 valence electrons. The maximum absolute atomic E-state index is 11.1. The van der Waals surface area contributed by atoms with Crippen LogP contribution in [0.25, 0.3) is 0 Å². The van der Waals surface area contributed by atoms with Crippen LogP contribution in [0.1, 0.15) is 26.7 Å². The molecule has 1 saturated heterocycles. The summed E-state index contributed by atoms with van der Waals surface area (Å²) in [4.78, 5) is 15.4. The highest BCUT2D eigenvalue weighted by molar-refractivity contribution is 5.73. The third kappa shape index (κ3) is 2.69. The number of hydrogen-bond acceptors (Lipinski definition) is 2. The van der Waals surface area contributed by atoms with Crippen molar-refractivity contribution in [1.82, 2.24) is 9.80 Å². The first-order valence-corrected chi connectivity index (χ1v) is 5.11. The maximum Gasteiger partial charge on any atom is 0.219 e. The predicted molar refractivity (Wildman–Crippen MR) is 53.6 cm³/mol. The van der Waals surface area contributed by atoms with Crippen molar-refractivity contribution < 1.29 is 4.79 Å². The molecule has 3 nitrogen and oxygen atoms in total. The van der Waals surface area contributed by atoms with Crippen molar-refractivity contribution in [3.05, 3.63) is 0 Å². The van der Waals surface area contributed by atoms with Crippen molar-refractivity contribution in [2.75, 3.05) is 26.7 Å². The second kappa shape index (κ2) is 4.61. The Labute approximate surface area is 80.7 Å². The minimum absolute atomic E-state index is 0.215. The number of rotatable bonds is 3. The van der Waals surface area contributed by atoms with Crippen LogP contribution in [0.2, 0.25) is 0 Å². The Balaban J connectivity index is 2.35. The number of hydrogen-bond donors (Lipinski definition) is 0. The summed E-state index contributed by atoms with van der Waals surface area (Å²) in [5, 5.41) is 0. The van der Waals surface area contributed by atoms with Crippen LogP contribution in [0, 0.1) is 0 Å². The van der Waals surface area contributed by atoms with Crippen LogP contribution in [0.5, 0.6) is 0 Å². The fourth-order valence-corrected chi connectivity index (χ4v) is 1.92. The van der Waals surface area contributed by atoms with Gasteiger partial charge in [-0.15, -0.1) is 0 Å². The zero-order valence-corrected chi connectivity index (χ0v) is 8.92. The van der Waals surface area contributed by atoms with Gasteiger partial charge in [-0.1, -0.05) is 6.92 Å². The van der Waals surface area contributed by atoms with Gasteiger partial charge in [0.15, 0.2) is 0 Å². The monoisotopic (exact) mass is 184 g/mol. The SMILES string of the molecule is CCCN(C)C1CCN(C(C)=O)C1. The summed E-state index contributed by atoms with van der Waals surface area (Å²) in [6.45, 7) is 6.84. The van der Waals surface area contributed by atoms with Gasteiger partial charge >= 0.3 is 0 Å². The summed E-state index contributed by atoms with van der Waals surface area (Å²) in [5.74, 6) is 0.215. The molecule has 13 heavy (non-hydrogen) atoms. The molecule has 0 spiro atoms. The highest BCUT2D eigenvalue weighted by atomic mass is 16.2. The molecule has 1 unspecified atom stereocenters. The number of amides is 1. The summed E-state index contributed by atoms with van der Waals surface area (Å²) in [6, 6.07) is 0.587. The molecule has 1 heterocycles. The molecule has 0 aromatic heterocycles. The topological polar surface area (TPSA) is 23.6 Å². The summed E-state index contributed by atoms with van der Waals surface area (Å²) in [5.41, 5.74) is 0. The third-order valence-corrected chi connectivity index (χ3v) is 2.81. The van der Waals surface area contributed by atoms with E-state index < -0.39 is 0 Å². The second-order valence-electron chi connectivity index (χ2n) is 3.89. The van der Waals surface area contributed by atoms with Crippen LogP contribution in [-0.2, 0) is 4.79 Å². The molecule has 1 aliphatic heterocycles. The van der Waals surface area contributed by atoms with Gasteiger partial charge in [-0.25, -0.2) is 0 Å². The molecule has 1 atom stereocenters. The van der Waals surface area contributed by atoms with Gasteiger partial charge in [0.2, 0.25) is 5.91 Å². The number of carbonyl (C=O) groups excluding carboxylic acids is 1. The van der Waals surface area contributed by atoms with Crippen molar-refractivity contribution in [2.45, 2.75) is 32.7 Å². The molecule has 0 aromatic carbocycles. The van der Waals surface area contributed by atoms with Crippen molar-refractivity contribution in [3.8, 4) is 0 Å². The van der Waals surface area contributed by atoms with E-state index in [1.54, 1.807) is 6.92 Å². The Kier molecular flexibility index (Phi) is 3.72. The number of carbonyl (C=O) groups is 1. The summed E-state index contributed by atoms with van der Waals surface area (Å²) >= 11 is 0. The van der Waals surface area contributed by atoms with E-state index in [2.05, 4.69) is 18.9 Å². The van der Waals surface area contributed by atoms with E-state index >= 15 is 0 Å². The van der Waals surface area contributed by atoms with Crippen LogP contribution in [0.4, 0.5) is 0 Å². The lowest BCUT2D eigenvalue weighted by atomic mass is 10.2. The van der Waals surface area contributed by atoms with Crippen molar-refractivity contribution >= 4 is 5.91 Å². The largest absolute Gasteiger partial charge is 0.341 e. The zero-order valence-electron chi connectivity index (χ0n) is 8.92. The molecular weight excluding hydrogens is 164 g/mol. The lowest BCUT2D eigenvalue weighted by Gasteiger charge is -2.23. The van der Waals surface area contributed by atoms with Crippen molar-refractivity contribution in [1.29, 1.82) is 0 Å². The molecule has 1 aliphatic rings. The van der Waals surface area contributed by atoms with E-state index in [0.717, 1.165) is 26.1 Å². The summed E-state index contributed by atoms with van der Waals surface area (Å²) in [7, 11) is 2.15. The zero-order chi connectivity index (χ0) is 9.84. The normalized spacial score (nSPS) is 22.8. The average Bonchev–Trinajstić information content (AvgIpc) is 2.52. The van der Waals surface area contributed by atoms with E-state index in [1.165, 1.54) is 6.42 Å². The molecule has 1 fully saturated rings. The van der Waals surface area contributed by atoms with Gasteiger partial charge in [0.05, 0.1) is 0 Å². The Bertz CT molecular complexity index is 182. The molecule has 1 rings (SSSR count). The first-order chi connectivity index (χ1) is 6.15. The van der Waals surface area contributed by atoms with Crippen molar-refractivity contribution in [3.63, 3.8) is 0 Å². The molecule has 0 N–H and O–H groups in total. The minimum atomic E-state index is 0.215. The van der Waals surface area contributed by atoms with Gasteiger partial charge in [-0.05, 0) is 26.4 Å². The standard InChI is InChI=1S/C10H20N2O/c1-4-6-11(3)10-5-7-12(8-10)9(2)13/h10H,4-8H2,1-3H3. The molecule has 1 amide bonds. The van der Waals surface area contributed by atoms with Crippen LogP contribution in [0.15, 0.2) is 0 Å². The second-order valence-corrected chi connectivity index (χ2v) is 3.89. The minimum Gasteiger partial charge on any atom is -0.341 e. The molecule has 0 aromatic rings. The first kappa shape index (κ1) is 10.5. The van der Waals surface area contributed by atoms with E-state index in [4.69, 9.17) is 0 Å². The molecular formula is C10H20N2O. The Morgan fingerprint density at radius 2 is 2.31 bits per heavy atom. The Morgan fingerprint density at radius 3 is 2.77 bits per heavy atom. The van der Waals surface area contributed by atoms with Crippen LogP contribution < -0.4 is 0 Å².